The van der Waals surface area contributed by atoms with Gasteiger partial charge in [0.1, 0.15) is 12.4 Å². The summed E-state index contributed by atoms with van der Waals surface area (Å²) in [6, 6.07) is 15.2. The third kappa shape index (κ3) is 5.34. The minimum Gasteiger partial charge on any atom is -0.491 e. The topological polar surface area (TPSA) is 79.5 Å². The molecule has 0 radical (unpaired) electrons. The van der Waals surface area contributed by atoms with Crippen LogP contribution in [0.1, 0.15) is 5.56 Å². The molecule has 2 N–H and O–H groups in total. The summed E-state index contributed by atoms with van der Waals surface area (Å²) in [7, 11) is 3.39. The number of H-pyrrole nitrogens is 1. The van der Waals surface area contributed by atoms with E-state index in [0.29, 0.717) is 19.8 Å². The van der Waals surface area contributed by atoms with Crippen molar-refractivity contribution >= 4 is 11.7 Å². The smallest absolute Gasteiger partial charge is 0.321 e. The Hall–Kier alpha value is -3.32. The van der Waals surface area contributed by atoms with Crippen LogP contribution < -0.4 is 10.1 Å². The van der Waals surface area contributed by atoms with Crippen molar-refractivity contribution in [2.45, 2.75) is 6.54 Å². The first-order valence-electron chi connectivity index (χ1n) is 8.98. The molecule has 2 aromatic carbocycles. The van der Waals surface area contributed by atoms with Gasteiger partial charge in [0.2, 0.25) is 0 Å². The maximum atomic E-state index is 12.5. The number of aromatic amines is 1. The summed E-state index contributed by atoms with van der Waals surface area (Å²) in [6.07, 6.45) is 3.59. The summed E-state index contributed by atoms with van der Waals surface area (Å²) in [5.41, 5.74) is 3.76. The van der Waals surface area contributed by atoms with Crippen molar-refractivity contribution in [2.24, 2.45) is 0 Å². The van der Waals surface area contributed by atoms with Crippen LogP contribution in [0.4, 0.5) is 10.5 Å². The van der Waals surface area contributed by atoms with Crippen molar-refractivity contribution in [3.05, 3.63) is 66.5 Å². The molecule has 7 nitrogen and oxygen atoms in total. The summed E-state index contributed by atoms with van der Waals surface area (Å²) in [5, 5.41) is 9.64. The number of methoxy groups -OCH3 is 1. The molecule has 0 bridgehead atoms. The number of rotatable bonds is 8. The summed E-state index contributed by atoms with van der Waals surface area (Å²) in [4.78, 5) is 14.1. The molecule has 0 fully saturated rings. The molecule has 0 saturated heterocycles. The lowest BCUT2D eigenvalue weighted by molar-refractivity contribution is 0.146. The molecule has 0 aliphatic carbocycles. The average Bonchev–Trinajstić information content (AvgIpc) is 3.24. The van der Waals surface area contributed by atoms with Crippen LogP contribution in [-0.2, 0) is 11.3 Å². The van der Waals surface area contributed by atoms with Crippen LogP contribution >= 0.6 is 0 Å². The fraction of sp³-hybridized carbons (Fsp3) is 0.238. The van der Waals surface area contributed by atoms with Crippen LogP contribution in [0.2, 0.25) is 0 Å². The van der Waals surface area contributed by atoms with Crippen molar-refractivity contribution in [1.82, 2.24) is 15.1 Å². The zero-order valence-corrected chi connectivity index (χ0v) is 16.0. The van der Waals surface area contributed by atoms with E-state index in [-0.39, 0.29) is 6.03 Å². The second kappa shape index (κ2) is 9.57. The van der Waals surface area contributed by atoms with Gasteiger partial charge in [-0.05, 0) is 35.4 Å². The fourth-order valence-electron chi connectivity index (χ4n) is 2.70. The molecule has 1 heterocycles. The zero-order chi connectivity index (χ0) is 19.8. The van der Waals surface area contributed by atoms with Crippen molar-refractivity contribution in [1.29, 1.82) is 0 Å². The number of hydrogen-bond donors (Lipinski definition) is 2. The van der Waals surface area contributed by atoms with Crippen molar-refractivity contribution in [3.63, 3.8) is 0 Å². The maximum Gasteiger partial charge on any atom is 0.321 e. The van der Waals surface area contributed by atoms with Gasteiger partial charge in [-0.1, -0.05) is 24.3 Å². The second-order valence-electron chi connectivity index (χ2n) is 6.34. The van der Waals surface area contributed by atoms with E-state index in [0.717, 1.165) is 28.1 Å². The summed E-state index contributed by atoms with van der Waals surface area (Å²) in [5.74, 6) is 0.762. The van der Waals surface area contributed by atoms with Gasteiger partial charge < -0.3 is 19.7 Å². The zero-order valence-electron chi connectivity index (χ0n) is 16.0. The van der Waals surface area contributed by atoms with Gasteiger partial charge in [0.05, 0.1) is 12.8 Å². The van der Waals surface area contributed by atoms with Gasteiger partial charge in [0.15, 0.2) is 0 Å². The second-order valence-corrected chi connectivity index (χ2v) is 6.34. The molecule has 0 aliphatic heterocycles. The van der Waals surface area contributed by atoms with Crippen LogP contribution in [0, 0.1) is 0 Å². The molecule has 7 heteroatoms. The predicted octanol–water partition coefficient (Wildman–Crippen LogP) is 3.77. The maximum absolute atomic E-state index is 12.5. The molecule has 0 saturated carbocycles. The number of benzene rings is 2. The van der Waals surface area contributed by atoms with Gasteiger partial charge in [0, 0.05) is 38.1 Å². The number of carbonyl (C=O) groups excluding carboxylic acids is 1. The SMILES string of the molecule is COCCOc1cccc(CN(C)C(=O)Nc2ccc(-c3cn[nH]c3)cc2)c1. The summed E-state index contributed by atoms with van der Waals surface area (Å²) >= 11 is 0. The highest BCUT2D eigenvalue weighted by molar-refractivity contribution is 5.89. The molecule has 2 amide bonds. The van der Waals surface area contributed by atoms with Gasteiger partial charge in [-0.3, -0.25) is 5.10 Å². The number of aromatic nitrogens is 2. The first-order chi connectivity index (χ1) is 13.7. The molecule has 0 spiro atoms. The fourth-order valence-corrected chi connectivity index (χ4v) is 2.70. The number of amides is 2. The lowest BCUT2D eigenvalue weighted by Crippen LogP contribution is -2.30. The van der Waals surface area contributed by atoms with E-state index < -0.39 is 0 Å². The average molecular weight is 380 g/mol. The van der Waals surface area contributed by atoms with Gasteiger partial charge >= 0.3 is 6.03 Å². The molecule has 28 heavy (non-hydrogen) atoms. The number of ether oxygens (including phenoxy) is 2. The van der Waals surface area contributed by atoms with E-state index in [2.05, 4.69) is 15.5 Å². The van der Waals surface area contributed by atoms with E-state index in [4.69, 9.17) is 9.47 Å². The van der Waals surface area contributed by atoms with Crippen LogP contribution in [0.25, 0.3) is 11.1 Å². The molecule has 1 aromatic heterocycles. The van der Waals surface area contributed by atoms with Crippen LogP contribution in [0.3, 0.4) is 0 Å². The van der Waals surface area contributed by atoms with E-state index in [9.17, 15) is 4.79 Å². The standard InChI is InChI=1S/C21H24N4O3/c1-25(15-16-4-3-5-20(12-16)28-11-10-27-2)21(26)24-19-8-6-17(7-9-19)18-13-22-23-14-18/h3-9,12-14H,10-11,15H2,1-2H3,(H,22,23)(H,24,26). The first-order valence-corrected chi connectivity index (χ1v) is 8.98. The number of carbonyl (C=O) groups is 1. The molecular weight excluding hydrogens is 356 g/mol. The van der Waals surface area contributed by atoms with Gasteiger partial charge in [-0.25, -0.2) is 4.79 Å². The van der Waals surface area contributed by atoms with Gasteiger partial charge in [0.25, 0.3) is 0 Å². The van der Waals surface area contributed by atoms with Crippen LogP contribution in [-0.4, -0.2) is 48.5 Å². The van der Waals surface area contributed by atoms with Crippen molar-refractivity contribution in [2.75, 3.05) is 32.7 Å². The monoisotopic (exact) mass is 380 g/mol. The minimum atomic E-state index is -0.179. The Morgan fingerprint density at radius 2 is 1.96 bits per heavy atom. The van der Waals surface area contributed by atoms with E-state index in [1.165, 1.54) is 0 Å². The minimum absolute atomic E-state index is 0.179. The summed E-state index contributed by atoms with van der Waals surface area (Å²) in [6.45, 7) is 1.50. The molecule has 3 aromatic rings. The predicted molar refractivity (Wildman–Crippen MR) is 108 cm³/mol. The Morgan fingerprint density at radius 3 is 2.68 bits per heavy atom. The third-order valence-corrected chi connectivity index (χ3v) is 4.19. The van der Waals surface area contributed by atoms with Crippen molar-refractivity contribution in [3.8, 4) is 16.9 Å². The number of urea groups is 1. The molecular formula is C21H24N4O3. The van der Waals surface area contributed by atoms with Crippen LogP contribution in [0.5, 0.6) is 5.75 Å². The summed E-state index contributed by atoms with van der Waals surface area (Å²) < 4.78 is 10.6. The Bertz CT molecular complexity index is 879. The van der Waals surface area contributed by atoms with E-state index in [1.54, 1.807) is 25.3 Å². The Labute approximate surface area is 164 Å². The van der Waals surface area contributed by atoms with Crippen LogP contribution in [0.15, 0.2) is 60.9 Å². The highest BCUT2D eigenvalue weighted by Crippen LogP contribution is 2.20. The highest BCUT2D eigenvalue weighted by Gasteiger charge is 2.10. The van der Waals surface area contributed by atoms with Gasteiger partial charge in [-0.15, -0.1) is 0 Å². The molecule has 0 atom stereocenters. The quantitative estimate of drug-likeness (QED) is 0.583. The Balaban J connectivity index is 1.55. The number of nitrogens with one attached hydrogen (secondary N) is 2. The number of hydrogen-bond acceptors (Lipinski definition) is 4. The largest absolute Gasteiger partial charge is 0.491 e. The third-order valence-electron chi connectivity index (χ3n) is 4.19. The van der Waals surface area contributed by atoms with E-state index >= 15 is 0 Å². The Morgan fingerprint density at radius 1 is 1.14 bits per heavy atom. The number of nitrogens with zero attached hydrogens (tertiary/aromatic N) is 2. The lowest BCUT2D eigenvalue weighted by Gasteiger charge is -2.18. The van der Waals surface area contributed by atoms with E-state index in [1.807, 2.05) is 54.7 Å². The Kier molecular flexibility index (Phi) is 6.64. The lowest BCUT2D eigenvalue weighted by atomic mass is 10.1. The molecule has 0 unspecified atom stereocenters. The molecule has 0 aliphatic rings. The normalized spacial score (nSPS) is 10.5. The highest BCUT2D eigenvalue weighted by atomic mass is 16.5. The van der Waals surface area contributed by atoms with Gasteiger partial charge in [-0.2, -0.15) is 5.10 Å². The first kappa shape index (κ1) is 19.4. The molecule has 3 rings (SSSR count). The number of anilines is 1. The molecule has 146 valence electrons. The van der Waals surface area contributed by atoms with Crippen molar-refractivity contribution < 1.29 is 14.3 Å².